The number of likely N-dealkylation sites (N-methyl/N-ethyl adjacent to an activating group) is 1. The van der Waals surface area contributed by atoms with E-state index in [1.54, 1.807) is 0 Å². The Kier molecular flexibility index (Phi) is 4.10. The molecule has 0 unspecified atom stereocenters. The largest absolute Gasteiger partial charge is 0.383 e. The van der Waals surface area contributed by atoms with Crippen molar-refractivity contribution >= 4 is 38.1 Å². The van der Waals surface area contributed by atoms with E-state index in [9.17, 15) is 0 Å². The van der Waals surface area contributed by atoms with Crippen LogP contribution in [0, 0.1) is 5.92 Å². The zero-order valence-electron chi connectivity index (χ0n) is 15.6. The Morgan fingerprint density at radius 1 is 1.22 bits per heavy atom. The molecular weight excluding hydrogens is 400 g/mol. The third-order valence-corrected chi connectivity index (χ3v) is 6.41. The van der Waals surface area contributed by atoms with Crippen molar-refractivity contribution in [1.29, 1.82) is 0 Å². The number of nitrogens with one attached hydrogen (secondary N) is 1. The first-order valence-corrected chi connectivity index (χ1v) is 10.2. The Labute approximate surface area is 168 Å². The van der Waals surface area contributed by atoms with Crippen molar-refractivity contribution in [3.05, 3.63) is 64.5 Å². The van der Waals surface area contributed by atoms with Gasteiger partial charge in [0.05, 0.1) is 11.9 Å². The predicted octanol–water partition coefficient (Wildman–Crippen LogP) is 4.32. The summed E-state index contributed by atoms with van der Waals surface area (Å²) in [6, 6.07) is 11.2. The van der Waals surface area contributed by atoms with E-state index >= 15 is 0 Å². The average molecular weight is 423 g/mol. The predicted molar refractivity (Wildman–Crippen MR) is 115 cm³/mol. The molecule has 0 saturated heterocycles. The van der Waals surface area contributed by atoms with Crippen LogP contribution in [0.2, 0.25) is 0 Å². The quantitative estimate of drug-likeness (QED) is 0.638. The minimum absolute atomic E-state index is 0.477. The molecule has 2 aliphatic rings. The third-order valence-electron chi connectivity index (χ3n) is 5.94. The maximum Gasteiger partial charge on any atom is 0.106 e. The molecule has 2 aromatic heterocycles. The first-order chi connectivity index (χ1) is 13.1. The van der Waals surface area contributed by atoms with E-state index in [-0.39, 0.29) is 0 Å². The number of pyridine rings is 1. The maximum absolute atomic E-state index is 4.30. The number of aryl methyl sites for hydroxylation is 1. The molecule has 3 heterocycles. The van der Waals surface area contributed by atoms with Crippen LogP contribution in [0.5, 0.6) is 0 Å². The number of halogens is 1. The van der Waals surface area contributed by atoms with E-state index in [1.165, 1.54) is 27.6 Å². The summed E-state index contributed by atoms with van der Waals surface area (Å²) in [7, 11) is 4.42. The van der Waals surface area contributed by atoms with Gasteiger partial charge < -0.3 is 9.88 Å². The molecule has 2 atom stereocenters. The van der Waals surface area contributed by atoms with Gasteiger partial charge in [0.15, 0.2) is 0 Å². The molecule has 0 fully saturated rings. The SMILES string of the molecule is CN1C[C@H](CNc2ccc(Br)nc2)C=C2c3cccc4c3c(cn4C)C[C@H]21. The van der Waals surface area contributed by atoms with Gasteiger partial charge in [-0.1, -0.05) is 18.2 Å². The van der Waals surface area contributed by atoms with E-state index in [0.29, 0.717) is 12.0 Å². The molecule has 0 radical (unpaired) electrons. The topological polar surface area (TPSA) is 33.1 Å². The van der Waals surface area contributed by atoms with Crippen molar-refractivity contribution in [1.82, 2.24) is 14.5 Å². The number of hydrogen-bond donors (Lipinski definition) is 1. The second kappa shape index (κ2) is 6.50. The van der Waals surface area contributed by atoms with Gasteiger partial charge in [-0.05, 0) is 64.3 Å². The zero-order valence-corrected chi connectivity index (χ0v) is 17.2. The monoisotopic (exact) mass is 422 g/mol. The minimum Gasteiger partial charge on any atom is -0.383 e. The molecule has 5 rings (SSSR count). The van der Waals surface area contributed by atoms with E-state index in [1.807, 2.05) is 12.3 Å². The lowest BCUT2D eigenvalue weighted by molar-refractivity contribution is 0.249. The molecule has 5 heteroatoms. The standard InChI is InChI=1S/C22H23BrN4/c1-26-12-14(10-24-16-6-7-21(23)25-11-16)8-18-17-4-3-5-19-22(17)15(9-20(18)26)13-27(19)2/h3-8,11,13-14,20,24H,9-10,12H2,1-2H3/t14-,20+/m0/s1. The summed E-state index contributed by atoms with van der Waals surface area (Å²) in [4.78, 5) is 6.83. The highest BCUT2D eigenvalue weighted by Gasteiger charge is 2.33. The number of benzene rings is 1. The summed E-state index contributed by atoms with van der Waals surface area (Å²) >= 11 is 3.39. The van der Waals surface area contributed by atoms with Gasteiger partial charge in [-0.3, -0.25) is 4.90 Å². The zero-order chi connectivity index (χ0) is 18.5. The Morgan fingerprint density at radius 3 is 2.93 bits per heavy atom. The number of fused-ring (bicyclic) bond motifs is 2. The molecule has 0 amide bonds. The van der Waals surface area contributed by atoms with Gasteiger partial charge in [-0.15, -0.1) is 0 Å². The fourth-order valence-corrected chi connectivity index (χ4v) is 4.92. The average Bonchev–Trinajstić information content (AvgIpc) is 2.99. The highest BCUT2D eigenvalue weighted by Crippen LogP contribution is 2.41. The first-order valence-electron chi connectivity index (χ1n) is 9.45. The number of aromatic nitrogens is 2. The minimum atomic E-state index is 0.477. The molecule has 1 aliphatic carbocycles. The lowest BCUT2D eigenvalue weighted by Gasteiger charge is -2.40. The van der Waals surface area contributed by atoms with Crippen LogP contribution in [0.15, 0.2) is 53.4 Å². The van der Waals surface area contributed by atoms with Crippen LogP contribution >= 0.6 is 15.9 Å². The van der Waals surface area contributed by atoms with Crippen LogP contribution in [0.25, 0.3) is 16.5 Å². The Balaban J connectivity index is 1.47. The summed E-state index contributed by atoms with van der Waals surface area (Å²) in [6.07, 6.45) is 7.80. The Hall–Kier alpha value is -2.11. The van der Waals surface area contributed by atoms with Crippen molar-refractivity contribution in [3.8, 4) is 0 Å². The van der Waals surface area contributed by atoms with Crippen LogP contribution in [-0.4, -0.2) is 40.6 Å². The van der Waals surface area contributed by atoms with Crippen LogP contribution < -0.4 is 5.32 Å². The van der Waals surface area contributed by atoms with Gasteiger partial charge >= 0.3 is 0 Å². The number of hydrogen-bond acceptors (Lipinski definition) is 3. The molecule has 3 aromatic rings. The van der Waals surface area contributed by atoms with Gasteiger partial charge in [0.2, 0.25) is 0 Å². The van der Waals surface area contributed by atoms with Crippen LogP contribution in [0.1, 0.15) is 11.1 Å². The number of rotatable bonds is 3. The third kappa shape index (κ3) is 2.89. The van der Waals surface area contributed by atoms with Gasteiger partial charge in [-0.2, -0.15) is 0 Å². The number of nitrogens with zero attached hydrogens (tertiary/aromatic N) is 3. The lowest BCUT2D eigenvalue weighted by Crippen LogP contribution is -2.43. The second-order valence-electron chi connectivity index (χ2n) is 7.76. The summed E-state index contributed by atoms with van der Waals surface area (Å²) in [5.74, 6) is 0.477. The van der Waals surface area contributed by atoms with Gasteiger partial charge in [-0.25, -0.2) is 4.98 Å². The molecule has 1 aromatic carbocycles. The van der Waals surface area contributed by atoms with E-state index in [2.05, 4.69) is 86.3 Å². The summed E-state index contributed by atoms with van der Waals surface area (Å²) in [6.45, 7) is 1.99. The summed E-state index contributed by atoms with van der Waals surface area (Å²) < 4.78 is 3.13. The van der Waals surface area contributed by atoms with Crippen molar-refractivity contribution in [2.24, 2.45) is 13.0 Å². The van der Waals surface area contributed by atoms with Crippen LogP contribution in [0.3, 0.4) is 0 Å². The van der Waals surface area contributed by atoms with E-state index < -0.39 is 0 Å². The van der Waals surface area contributed by atoms with Crippen molar-refractivity contribution in [3.63, 3.8) is 0 Å². The van der Waals surface area contributed by atoms with Gasteiger partial charge in [0.25, 0.3) is 0 Å². The fourth-order valence-electron chi connectivity index (χ4n) is 4.68. The first kappa shape index (κ1) is 17.0. The molecule has 138 valence electrons. The molecule has 27 heavy (non-hydrogen) atoms. The molecule has 0 saturated carbocycles. The molecule has 0 spiro atoms. The van der Waals surface area contributed by atoms with Gasteiger partial charge in [0.1, 0.15) is 4.60 Å². The molecule has 4 nitrogen and oxygen atoms in total. The lowest BCUT2D eigenvalue weighted by atomic mass is 9.80. The van der Waals surface area contributed by atoms with Crippen LogP contribution in [0.4, 0.5) is 5.69 Å². The fraction of sp³-hybridized carbons (Fsp3) is 0.318. The molecule has 1 aliphatic heterocycles. The molecular formula is C22H23BrN4. The summed E-state index contributed by atoms with van der Waals surface area (Å²) in [5.41, 5.74) is 6.80. The molecule has 1 N–H and O–H groups in total. The molecule has 0 bridgehead atoms. The second-order valence-corrected chi connectivity index (χ2v) is 8.57. The van der Waals surface area contributed by atoms with E-state index in [0.717, 1.165) is 29.8 Å². The maximum atomic E-state index is 4.30. The highest BCUT2D eigenvalue weighted by molar-refractivity contribution is 9.10. The van der Waals surface area contributed by atoms with Crippen molar-refractivity contribution in [2.45, 2.75) is 12.5 Å². The Bertz CT molecular complexity index is 1030. The number of anilines is 1. The normalized spacial score (nSPS) is 21.8. The summed E-state index contributed by atoms with van der Waals surface area (Å²) in [5, 5.41) is 4.99. The van der Waals surface area contributed by atoms with Gasteiger partial charge in [0, 0.05) is 49.2 Å². The van der Waals surface area contributed by atoms with Crippen LogP contribution in [-0.2, 0) is 13.5 Å². The smallest absolute Gasteiger partial charge is 0.106 e. The van der Waals surface area contributed by atoms with Crippen molar-refractivity contribution < 1.29 is 0 Å². The Morgan fingerprint density at radius 2 is 2.11 bits per heavy atom. The van der Waals surface area contributed by atoms with Crippen molar-refractivity contribution in [2.75, 3.05) is 25.5 Å². The highest BCUT2D eigenvalue weighted by atomic mass is 79.9. The van der Waals surface area contributed by atoms with E-state index in [4.69, 9.17) is 0 Å².